The topological polar surface area (TPSA) is 43.1 Å². The highest BCUT2D eigenvalue weighted by Gasteiger charge is 2.08. The smallest absolute Gasteiger partial charge is 0.0574 e. The quantitative estimate of drug-likeness (QED) is 0.874. The average molecular weight is 300 g/mol. The van der Waals surface area contributed by atoms with Crippen LogP contribution < -0.4 is 5.73 Å². The van der Waals surface area contributed by atoms with Gasteiger partial charge in [-0.25, -0.2) is 0 Å². The summed E-state index contributed by atoms with van der Waals surface area (Å²) in [7, 11) is -1.16. The highest BCUT2D eigenvalue weighted by molar-refractivity contribution is 7.84. The van der Waals surface area contributed by atoms with Gasteiger partial charge in [-0.2, -0.15) is 0 Å². The molecule has 0 aliphatic carbocycles. The van der Waals surface area contributed by atoms with Crippen molar-refractivity contribution in [3.05, 3.63) is 58.1 Å². The molecule has 0 bridgehead atoms. The Hall–Kier alpha value is -1.03. The number of benzene rings is 2. The SMILES string of the molecule is Nc1ccc(Cl)cc1CS(=O)c1ccc(Cl)cc1. The average Bonchev–Trinajstić information content (AvgIpc) is 2.34. The van der Waals surface area contributed by atoms with Gasteiger partial charge in [-0.3, -0.25) is 4.21 Å². The van der Waals surface area contributed by atoms with E-state index in [1.54, 1.807) is 42.5 Å². The summed E-state index contributed by atoms with van der Waals surface area (Å²) in [6, 6.07) is 12.1. The Kier molecular flexibility index (Phi) is 4.27. The van der Waals surface area contributed by atoms with E-state index in [0.717, 1.165) is 10.5 Å². The van der Waals surface area contributed by atoms with E-state index in [9.17, 15) is 4.21 Å². The van der Waals surface area contributed by atoms with Gasteiger partial charge < -0.3 is 5.73 Å². The molecule has 2 aromatic rings. The Morgan fingerprint density at radius 3 is 2.28 bits per heavy atom. The van der Waals surface area contributed by atoms with Crippen LogP contribution in [-0.2, 0) is 16.6 Å². The van der Waals surface area contributed by atoms with Gasteiger partial charge >= 0.3 is 0 Å². The first-order valence-electron chi connectivity index (χ1n) is 5.24. The summed E-state index contributed by atoms with van der Waals surface area (Å²) in [5, 5.41) is 1.21. The molecule has 0 aliphatic heterocycles. The van der Waals surface area contributed by atoms with E-state index in [1.807, 2.05) is 0 Å². The monoisotopic (exact) mass is 299 g/mol. The van der Waals surface area contributed by atoms with Crippen LogP contribution in [0, 0.1) is 0 Å². The van der Waals surface area contributed by atoms with Crippen molar-refractivity contribution in [2.75, 3.05) is 5.73 Å². The van der Waals surface area contributed by atoms with Gasteiger partial charge in [-0.1, -0.05) is 23.2 Å². The number of halogens is 2. The van der Waals surface area contributed by atoms with Crippen molar-refractivity contribution in [2.24, 2.45) is 0 Å². The lowest BCUT2D eigenvalue weighted by molar-refractivity contribution is 0.682. The van der Waals surface area contributed by atoms with E-state index < -0.39 is 10.8 Å². The van der Waals surface area contributed by atoms with Crippen LogP contribution >= 0.6 is 23.2 Å². The van der Waals surface area contributed by atoms with Crippen molar-refractivity contribution in [2.45, 2.75) is 10.6 Å². The van der Waals surface area contributed by atoms with Crippen LogP contribution in [0.3, 0.4) is 0 Å². The second-order valence-electron chi connectivity index (χ2n) is 3.79. The van der Waals surface area contributed by atoms with E-state index in [-0.39, 0.29) is 0 Å². The van der Waals surface area contributed by atoms with Gasteiger partial charge in [0, 0.05) is 20.6 Å². The Morgan fingerprint density at radius 2 is 1.61 bits per heavy atom. The number of rotatable bonds is 3. The molecule has 0 saturated carbocycles. The minimum absolute atomic E-state index is 0.341. The van der Waals surface area contributed by atoms with Gasteiger partial charge in [0.15, 0.2) is 0 Å². The minimum atomic E-state index is -1.16. The van der Waals surface area contributed by atoms with Gasteiger partial charge in [0.2, 0.25) is 0 Å². The van der Waals surface area contributed by atoms with Gasteiger partial charge in [0.25, 0.3) is 0 Å². The number of nitrogen functional groups attached to an aromatic ring is 1. The lowest BCUT2D eigenvalue weighted by Gasteiger charge is -2.06. The summed E-state index contributed by atoms with van der Waals surface area (Å²) in [5.74, 6) is 0.341. The molecule has 2 nitrogen and oxygen atoms in total. The molecule has 0 spiro atoms. The van der Waals surface area contributed by atoms with Crippen LogP contribution in [0.1, 0.15) is 5.56 Å². The third-order valence-corrected chi connectivity index (χ3v) is 4.33. The lowest BCUT2D eigenvalue weighted by atomic mass is 10.2. The summed E-state index contributed by atoms with van der Waals surface area (Å²) >= 11 is 11.7. The molecule has 0 aromatic heterocycles. The molecule has 1 atom stereocenters. The summed E-state index contributed by atoms with van der Waals surface area (Å²) in [5.41, 5.74) is 7.21. The Balaban J connectivity index is 2.21. The zero-order valence-corrected chi connectivity index (χ0v) is 11.7. The molecule has 0 radical (unpaired) electrons. The predicted molar refractivity (Wildman–Crippen MR) is 77.4 cm³/mol. The van der Waals surface area contributed by atoms with Crippen molar-refractivity contribution in [3.63, 3.8) is 0 Å². The Morgan fingerprint density at radius 1 is 1.00 bits per heavy atom. The number of hydrogen-bond acceptors (Lipinski definition) is 2. The summed E-state index contributed by atoms with van der Waals surface area (Å²) in [4.78, 5) is 0.721. The van der Waals surface area contributed by atoms with E-state index in [0.29, 0.717) is 21.5 Å². The fourth-order valence-corrected chi connectivity index (χ4v) is 2.97. The zero-order chi connectivity index (χ0) is 13.1. The van der Waals surface area contributed by atoms with Gasteiger partial charge in [-0.15, -0.1) is 0 Å². The molecule has 94 valence electrons. The van der Waals surface area contributed by atoms with E-state index in [2.05, 4.69) is 0 Å². The van der Waals surface area contributed by atoms with E-state index in [4.69, 9.17) is 28.9 Å². The van der Waals surface area contributed by atoms with Crippen molar-refractivity contribution in [1.82, 2.24) is 0 Å². The Labute approximate surface area is 118 Å². The largest absolute Gasteiger partial charge is 0.398 e. The fourth-order valence-electron chi connectivity index (χ4n) is 1.51. The molecule has 5 heteroatoms. The molecule has 0 amide bonds. The van der Waals surface area contributed by atoms with Crippen LogP contribution in [0.2, 0.25) is 10.0 Å². The van der Waals surface area contributed by atoms with Crippen LogP contribution in [0.15, 0.2) is 47.4 Å². The molecule has 0 fully saturated rings. The maximum absolute atomic E-state index is 12.2. The first kappa shape index (κ1) is 13.4. The normalized spacial score (nSPS) is 12.3. The van der Waals surface area contributed by atoms with Crippen molar-refractivity contribution < 1.29 is 4.21 Å². The van der Waals surface area contributed by atoms with Crippen molar-refractivity contribution in [1.29, 1.82) is 0 Å². The molecule has 2 N–H and O–H groups in total. The van der Waals surface area contributed by atoms with Crippen LogP contribution in [-0.4, -0.2) is 4.21 Å². The van der Waals surface area contributed by atoms with Crippen LogP contribution in [0.4, 0.5) is 5.69 Å². The van der Waals surface area contributed by atoms with E-state index in [1.165, 1.54) is 0 Å². The van der Waals surface area contributed by atoms with Gasteiger partial charge in [0.05, 0.1) is 16.6 Å². The Bertz CT molecular complexity index is 584. The third kappa shape index (κ3) is 3.25. The first-order valence-corrected chi connectivity index (χ1v) is 7.31. The summed E-state index contributed by atoms with van der Waals surface area (Å²) in [6.45, 7) is 0. The van der Waals surface area contributed by atoms with Gasteiger partial charge in [-0.05, 0) is 48.0 Å². The lowest BCUT2D eigenvalue weighted by Crippen LogP contribution is -2.00. The molecule has 2 rings (SSSR count). The third-order valence-electron chi connectivity index (χ3n) is 2.47. The van der Waals surface area contributed by atoms with E-state index >= 15 is 0 Å². The first-order chi connectivity index (χ1) is 8.56. The minimum Gasteiger partial charge on any atom is -0.398 e. The molecular formula is C13H11Cl2NOS. The molecule has 0 saturated heterocycles. The predicted octanol–water partition coefficient (Wildman–Crippen LogP) is 3.88. The zero-order valence-electron chi connectivity index (χ0n) is 9.40. The van der Waals surface area contributed by atoms with Gasteiger partial charge in [0.1, 0.15) is 0 Å². The standard InChI is InChI=1S/C13H11Cl2NOS/c14-10-1-4-12(5-2-10)18(17)8-9-7-11(15)3-6-13(9)16/h1-7H,8,16H2. The summed E-state index contributed by atoms with van der Waals surface area (Å²) in [6.07, 6.45) is 0. The second-order valence-corrected chi connectivity index (χ2v) is 6.11. The van der Waals surface area contributed by atoms with Crippen molar-refractivity contribution in [3.8, 4) is 0 Å². The van der Waals surface area contributed by atoms with Crippen LogP contribution in [0.25, 0.3) is 0 Å². The number of nitrogens with two attached hydrogens (primary N) is 1. The molecular weight excluding hydrogens is 289 g/mol. The summed E-state index contributed by atoms with van der Waals surface area (Å²) < 4.78 is 12.2. The second kappa shape index (κ2) is 5.74. The van der Waals surface area contributed by atoms with Crippen LogP contribution in [0.5, 0.6) is 0 Å². The van der Waals surface area contributed by atoms with Crippen molar-refractivity contribution >= 4 is 39.7 Å². The molecule has 0 heterocycles. The molecule has 18 heavy (non-hydrogen) atoms. The molecule has 1 unspecified atom stereocenters. The number of anilines is 1. The maximum Gasteiger partial charge on any atom is 0.0574 e. The maximum atomic E-state index is 12.2. The molecule has 0 aliphatic rings. The molecule has 2 aromatic carbocycles. The fraction of sp³-hybridized carbons (Fsp3) is 0.0769. The highest BCUT2D eigenvalue weighted by atomic mass is 35.5. The number of hydrogen-bond donors (Lipinski definition) is 1. The highest BCUT2D eigenvalue weighted by Crippen LogP contribution is 2.22.